The summed E-state index contributed by atoms with van der Waals surface area (Å²) in [6.45, 7) is 1.93. The topological polar surface area (TPSA) is 66.5 Å². The first-order valence-electron chi connectivity index (χ1n) is 7.92. The van der Waals surface area contributed by atoms with Gasteiger partial charge in [0.15, 0.2) is 0 Å². The Morgan fingerprint density at radius 2 is 1.45 bits per heavy atom. The summed E-state index contributed by atoms with van der Waals surface area (Å²) in [5, 5.41) is 19.5. The molecule has 0 radical (unpaired) electrons. The van der Waals surface area contributed by atoms with Crippen molar-refractivity contribution in [3.63, 3.8) is 0 Å². The molecule has 4 N–H and O–H groups in total. The van der Waals surface area contributed by atoms with Gasteiger partial charge in [0.25, 0.3) is 0 Å². The van der Waals surface area contributed by atoms with Crippen molar-refractivity contribution in [1.82, 2.24) is 0 Å². The molecule has 0 atom stereocenters. The Kier molecular flexibility index (Phi) is 3.73. The van der Waals surface area contributed by atoms with E-state index < -0.39 is 0 Å². The van der Waals surface area contributed by atoms with Gasteiger partial charge in [-0.25, -0.2) is 0 Å². The molecule has 1 aliphatic rings. The van der Waals surface area contributed by atoms with Crippen molar-refractivity contribution in [3.8, 4) is 11.5 Å². The van der Waals surface area contributed by atoms with Crippen LogP contribution >= 0.6 is 0 Å². The zero-order valence-corrected chi connectivity index (χ0v) is 13.0. The predicted molar refractivity (Wildman–Crippen MR) is 89.2 cm³/mol. The fourth-order valence-electron chi connectivity index (χ4n) is 3.70. The van der Waals surface area contributed by atoms with Gasteiger partial charge < -0.3 is 15.9 Å². The monoisotopic (exact) mass is 297 g/mol. The normalized spacial score (nSPS) is 17.3. The van der Waals surface area contributed by atoms with Crippen molar-refractivity contribution < 1.29 is 10.2 Å². The lowest BCUT2D eigenvalue weighted by atomic mass is 9.65. The molecule has 3 heteroatoms. The van der Waals surface area contributed by atoms with Crippen LogP contribution in [0.25, 0.3) is 0 Å². The molecule has 3 nitrogen and oxygen atoms in total. The molecule has 2 aromatic carbocycles. The van der Waals surface area contributed by atoms with E-state index in [0.29, 0.717) is 11.4 Å². The number of benzene rings is 2. The molecule has 0 heterocycles. The van der Waals surface area contributed by atoms with Crippen LogP contribution in [0.3, 0.4) is 0 Å². The van der Waals surface area contributed by atoms with Crippen molar-refractivity contribution >= 4 is 5.69 Å². The smallest absolute Gasteiger partial charge is 0.138 e. The number of hydrogen-bond donors (Lipinski definition) is 3. The molecule has 116 valence electrons. The van der Waals surface area contributed by atoms with Crippen molar-refractivity contribution in [2.45, 2.75) is 44.4 Å². The summed E-state index contributed by atoms with van der Waals surface area (Å²) in [4.78, 5) is 0. The standard InChI is InChI=1S/C19H23NO2/c1-13-11-14(5-7-17(13)21)19(9-3-2-4-10-19)15-6-8-18(22)16(20)12-15/h5-8,11-12,21-22H,2-4,9-10,20H2,1H3. The van der Waals surface area contributed by atoms with Gasteiger partial charge in [-0.1, -0.05) is 37.5 Å². The summed E-state index contributed by atoms with van der Waals surface area (Å²) in [5.74, 6) is 0.469. The zero-order chi connectivity index (χ0) is 15.7. The van der Waals surface area contributed by atoms with Gasteiger partial charge in [-0.3, -0.25) is 0 Å². The second kappa shape index (κ2) is 5.56. The van der Waals surface area contributed by atoms with Crippen LogP contribution in [-0.4, -0.2) is 10.2 Å². The fraction of sp³-hybridized carbons (Fsp3) is 0.368. The van der Waals surface area contributed by atoms with Gasteiger partial charge in [0.2, 0.25) is 0 Å². The van der Waals surface area contributed by atoms with E-state index in [0.717, 1.165) is 24.0 Å². The van der Waals surface area contributed by atoms with Crippen LogP contribution in [0.2, 0.25) is 0 Å². The second-order valence-electron chi connectivity index (χ2n) is 6.42. The van der Waals surface area contributed by atoms with E-state index in [-0.39, 0.29) is 11.2 Å². The molecule has 0 aromatic heterocycles. The minimum Gasteiger partial charge on any atom is -0.508 e. The Morgan fingerprint density at radius 3 is 2.05 bits per heavy atom. The first-order chi connectivity index (χ1) is 10.5. The molecule has 0 amide bonds. The van der Waals surface area contributed by atoms with E-state index >= 15 is 0 Å². The van der Waals surface area contributed by atoms with Gasteiger partial charge in [-0.15, -0.1) is 0 Å². The van der Waals surface area contributed by atoms with Gasteiger partial charge in [-0.05, 0) is 54.7 Å². The maximum absolute atomic E-state index is 9.82. The van der Waals surface area contributed by atoms with Crippen LogP contribution in [0.4, 0.5) is 5.69 Å². The molecule has 0 spiro atoms. The molecule has 1 saturated carbocycles. The molecule has 1 aliphatic carbocycles. The first-order valence-corrected chi connectivity index (χ1v) is 7.92. The van der Waals surface area contributed by atoms with E-state index in [4.69, 9.17) is 5.73 Å². The lowest BCUT2D eigenvalue weighted by molar-refractivity contribution is 0.345. The lowest BCUT2D eigenvalue weighted by Crippen LogP contribution is -2.30. The quantitative estimate of drug-likeness (QED) is 0.574. The van der Waals surface area contributed by atoms with Crippen LogP contribution in [0.1, 0.15) is 48.8 Å². The van der Waals surface area contributed by atoms with Gasteiger partial charge >= 0.3 is 0 Å². The van der Waals surface area contributed by atoms with Crippen LogP contribution < -0.4 is 5.73 Å². The number of phenols is 2. The molecule has 0 saturated heterocycles. The van der Waals surface area contributed by atoms with Gasteiger partial charge in [0.1, 0.15) is 11.5 Å². The average Bonchev–Trinajstić information content (AvgIpc) is 2.53. The van der Waals surface area contributed by atoms with Crippen molar-refractivity contribution in [3.05, 3.63) is 53.1 Å². The summed E-state index contributed by atoms with van der Waals surface area (Å²) < 4.78 is 0. The summed E-state index contributed by atoms with van der Waals surface area (Å²) in [5.41, 5.74) is 9.57. The maximum atomic E-state index is 9.82. The molecular formula is C19H23NO2. The fourth-order valence-corrected chi connectivity index (χ4v) is 3.70. The summed E-state index contributed by atoms with van der Waals surface area (Å²) in [6, 6.07) is 11.5. The van der Waals surface area contributed by atoms with E-state index in [1.807, 2.05) is 25.1 Å². The number of aryl methyl sites for hydroxylation is 1. The van der Waals surface area contributed by atoms with Crippen molar-refractivity contribution in [1.29, 1.82) is 0 Å². The number of aromatic hydroxyl groups is 2. The van der Waals surface area contributed by atoms with E-state index in [1.165, 1.54) is 24.8 Å². The number of nitrogen functional groups attached to an aromatic ring is 1. The third-order valence-electron chi connectivity index (χ3n) is 5.04. The van der Waals surface area contributed by atoms with Crippen LogP contribution in [0.5, 0.6) is 11.5 Å². The molecule has 2 aromatic rings. The minimum absolute atomic E-state index is 0.0709. The molecule has 0 aliphatic heterocycles. The number of rotatable bonds is 2. The molecule has 1 fully saturated rings. The Bertz CT molecular complexity index is 634. The SMILES string of the molecule is Cc1cc(C2(c3ccc(O)c(N)c3)CCCCC2)ccc1O. The minimum atomic E-state index is -0.0709. The lowest BCUT2D eigenvalue weighted by Gasteiger charge is -2.39. The van der Waals surface area contributed by atoms with Crippen molar-refractivity contribution in [2.24, 2.45) is 0 Å². The Balaban J connectivity index is 2.15. The summed E-state index contributed by atoms with van der Waals surface area (Å²) in [6.07, 6.45) is 5.76. The largest absolute Gasteiger partial charge is 0.508 e. The van der Waals surface area contributed by atoms with Crippen LogP contribution in [0.15, 0.2) is 36.4 Å². The van der Waals surface area contributed by atoms with Crippen molar-refractivity contribution in [2.75, 3.05) is 5.73 Å². The highest BCUT2D eigenvalue weighted by Gasteiger charge is 2.36. The first kappa shape index (κ1) is 14.8. The van der Waals surface area contributed by atoms with Gasteiger partial charge in [-0.2, -0.15) is 0 Å². The highest BCUT2D eigenvalue weighted by atomic mass is 16.3. The second-order valence-corrected chi connectivity index (χ2v) is 6.42. The average molecular weight is 297 g/mol. The molecule has 22 heavy (non-hydrogen) atoms. The zero-order valence-electron chi connectivity index (χ0n) is 13.0. The van der Waals surface area contributed by atoms with Crippen LogP contribution in [-0.2, 0) is 5.41 Å². The highest BCUT2D eigenvalue weighted by Crippen LogP contribution is 2.46. The number of nitrogens with two attached hydrogens (primary N) is 1. The molecule has 3 rings (SSSR count). The molecule has 0 unspecified atom stereocenters. The Hall–Kier alpha value is -2.16. The van der Waals surface area contributed by atoms with Crippen LogP contribution in [0, 0.1) is 6.92 Å². The third-order valence-corrected chi connectivity index (χ3v) is 5.04. The van der Waals surface area contributed by atoms with Gasteiger partial charge in [0.05, 0.1) is 5.69 Å². The number of hydrogen-bond acceptors (Lipinski definition) is 3. The van der Waals surface area contributed by atoms with Gasteiger partial charge in [0, 0.05) is 5.41 Å². The highest BCUT2D eigenvalue weighted by molar-refractivity contribution is 5.57. The molecule has 0 bridgehead atoms. The third kappa shape index (κ3) is 2.41. The predicted octanol–water partition coefficient (Wildman–Crippen LogP) is 4.24. The summed E-state index contributed by atoms with van der Waals surface area (Å²) >= 11 is 0. The molecular weight excluding hydrogens is 274 g/mol. The van der Waals surface area contributed by atoms with E-state index in [9.17, 15) is 10.2 Å². The number of phenolic OH excluding ortho intramolecular Hbond substituents is 2. The number of anilines is 1. The Morgan fingerprint density at radius 1 is 0.864 bits per heavy atom. The summed E-state index contributed by atoms with van der Waals surface area (Å²) in [7, 11) is 0. The Labute approximate surface area is 131 Å². The van der Waals surface area contributed by atoms with E-state index in [2.05, 4.69) is 6.07 Å². The maximum Gasteiger partial charge on any atom is 0.138 e. The van der Waals surface area contributed by atoms with E-state index in [1.54, 1.807) is 12.1 Å².